The zero-order chi connectivity index (χ0) is 10.6. The second-order valence-corrected chi connectivity index (χ2v) is 3.54. The van der Waals surface area contributed by atoms with Gasteiger partial charge in [-0.2, -0.15) is 0 Å². The van der Waals surface area contributed by atoms with E-state index in [1.807, 2.05) is 38.1 Å². The zero-order valence-electron chi connectivity index (χ0n) is 9.03. The molecule has 0 heterocycles. The molecule has 1 N–H and O–H groups in total. The van der Waals surface area contributed by atoms with Crippen LogP contribution in [0.5, 0.6) is 0 Å². The Bertz CT molecular complexity index is 279. The van der Waals surface area contributed by atoms with E-state index >= 15 is 0 Å². The van der Waals surface area contributed by atoms with Crippen LogP contribution < -0.4 is 0 Å². The van der Waals surface area contributed by atoms with Crippen LogP contribution in [0, 0.1) is 6.92 Å². The zero-order valence-corrected chi connectivity index (χ0v) is 9.03. The van der Waals surface area contributed by atoms with Crippen molar-refractivity contribution in [2.75, 3.05) is 7.11 Å². The first-order valence-electron chi connectivity index (χ1n) is 4.96. The molecule has 0 saturated heterocycles. The lowest BCUT2D eigenvalue weighted by Crippen LogP contribution is -2.19. The summed E-state index contributed by atoms with van der Waals surface area (Å²) in [6, 6.07) is 7.89. The van der Waals surface area contributed by atoms with Gasteiger partial charge in [0.2, 0.25) is 0 Å². The van der Waals surface area contributed by atoms with Crippen molar-refractivity contribution in [3.8, 4) is 0 Å². The van der Waals surface area contributed by atoms with Crippen LogP contribution in [0.4, 0.5) is 0 Å². The number of aryl methyl sites for hydroxylation is 1. The van der Waals surface area contributed by atoms with Crippen LogP contribution in [0.3, 0.4) is 0 Å². The van der Waals surface area contributed by atoms with Gasteiger partial charge in [-0.15, -0.1) is 0 Å². The summed E-state index contributed by atoms with van der Waals surface area (Å²) >= 11 is 0. The number of aliphatic hydroxyl groups excluding tert-OH is 1. The lowest BCUT2D eigenvalue weighted by atomic mass is 10.0. The van der Waals surface area contributed by atoms with Crippen molar-refractivity contribution in [3.63, 3.8) is 0 Å². The van der Waals surface area contributed by atoms with Crippen LogP contribution in [0.25, 0.3) is 0 Å². The molecule has 2 unspecified atom stereocenters. The van der Waals surface area contributed by atoms with E-state index in [1.54, 1.807) is 7.11 Å². The summed E-state index contributed by atoms with van der Waals surface area (Å²) in [5, 5.41) is 9.98. The summed E-state index contributed by atoms with van der Waals surface area (Å²) in [5.74, 6) is 0. The van der Waals surface area contributed by atoms with Crippen molar-refractivity contribution < 1.29 is 9.84 Å². The Morgan fingerprint density at radius 3 is 2.64 bits per heavy atom. The van der Waals surface area contributed by atoms with Gasteiger partial charge in [0.25, 0.3) is 0 Å². The molecule has 0 saturated carbocycles. The van der Waals surface area contributed by atoms with Gasteiger partial charge in [-0.1, -0.05) is 36.8 Å². The van der Waals surface area contributed by atoms with Crippen molar-refractivity contribution in [1.82, 2.24) is 0 Å². The lowest BCUT2D eigenvalue weighted by Gasteiger charge is -2.20. The van der Waals surface area contributed by atoms with Crippen LogP contribution in [-0.2, 0) is 4.74 Å². The molecule has 0 aliphatic heterocycles. The number of benzene rings is 1. The van der Waals surface area contributed by atoms with Crippen molar-refractivity contribution >= 4 is 0 Å². The van der Waals surface area contributed by atoms with E-state index in [-0.39, 0.29) is 6.10 Å². The Morgan fingerprint density at radius 1 is 1.43 bits per heavy atom. The Balaban J connectivity index is 2.82. The first-order valence-corrected chi connectivity index (χ1v) is 4.96. The molecule has 2 heteroatoms. The molecular weight excluding hydrogens is 176 g/mol. The number of rotatable bonds is 4. The number of ether oxygens (including phenoxy) is 1. The van der Waals surface area contributed by atoms with Gasteiger partial charge in [-0.3, -0.25) is 0 Å². The fourth-order valence-corrected chi connectivity index (χ4v) is 1.59. The molecule has 0 fully saturated rings. The van der Waals surface area contributed by atoms with Crippen molar-refractivity contribution in [3.05, 3.63) is 35.4 Å². The molecule has 14 heavy (non-hydrogen) atoms. The van der Waals surface area contributed by atoms with Crippen LogP contribution in [-0.4, -0.2) is 18.3 Å². The van der Waals surface area contributed by atoms with Crippen molar-refractivity contribution in [2.45, 2.75) is 32.5 Å². The summed E-state index contributed by atoms with van der Waals surface area (Å²) in [7, 11) is 1.63. The Hall–Kier alpha value is -0.860. The van der Waals surface area contributed by atoms with E-state index in [1.165, 1.54) is 0 Å². The predicted octanol–water partition coefficient (Wildman–Crippen LogP) is 2.45. The molecule has 78 valence electrons. The number of hydrogen-bond acceptors (Lipinski definition) is 2. The molecule has 0 aliphatic rings. The average Bonchev–Trinajstić information content (AvgIpc) is 2.19. The minimum atomic E-state index is -0.523. The third-order valence-electron chi connectivity index (χ3n) is 2.44. The third-order valence-corrected chi connectivity index (χ3v) is 2.44. The highest BCUT2D eigenvalue weighted by molar-refractivity contribution is 5.24. The highest BCUT2D eigenvalue weighted by Gasteiger charge is 2.18. The SMILES string of the molecule is CCC(OC)C(O)c1cccc(C)c1. The normalized spacial score (nSPS) is 15.1. The summed E-state index contributed by atoms with van der Waals surface area (Å²) < 4.78 is 5.21. The summed E-state index contributed by atoms with van der Waals surface area (Å²) in [6.07, 6.45) is 0.174. The van der Waals surface area contributed by atoms with Gasteiger partial charge in [0.15, 0.2) is 0 Å². The largest absolute Gasteiger partial charge is 0.386 e. The van der Waals surface area contributed by atoms with E-state index in [0.717, 1.165) is 17.5 Å². The van der Waals surface area contributed by atoms with E-state index < -0.39 is 6.10 Å². The Labute approximate surface area is 85.5 Å². The number of aliphatic hydroxyl groups is 1. The first kappa shape index (κ1) is 11.2. The average molecular weight is 194 g/mol. The lowest BCUT2D eigenvalue weighted by molar-refractivity contribution is -0.0148. The Morgan fingerprint density at radius 2 is 2.14 bits per heavy atom. The van der Waals surface area contributed by atoms with Gasteiger partial charge in [0.05, 0.1) is 6.10 Å². The minimum Gasteiger partial charge on any atom is -0.386 e. The van der Waals surface area contributed by atoms with Gasteiger partial charge < -0.3 is 9.84 Å². The highest BCUT2D eigenvalue weighted by atomic mass is 16.5. The number of hydrogen-bond donors (Lipinski definition) is 1. The molecule has 0 aliphatic carbocycles. The van der Waals surface area contributed by atoms with Gasteiger partial charge >= 0.3 is 0 Å². The molecule has 2 nitrogen and oxygen atoms in total. The quantitative estimate of drug-likeness (QED) is 0.797. The smallest absolute Gasteiger partial charge is 0.105 e. The van der Waals surface area contributed by atoms with Gasteiger partial charge in [0, 0.05) is 7.11 Å². The molecule has 0 amide bonds. The standard InChI is InChI=1S/C12H18O2/c1-4-11(14-3)12(13)10-7-5-6-9(2)8-10/h5-8,11-13H,4H2,1-3H3. The second-order valence-electron chi connectivity index (χ2n) is 3.54. The molecule has 1 aromatic carbocycles. The van der Waals surface area contributed by atoms with Crippen LogP contribution in [0.1, 0.15) is 30.6 Å². The molecule has 2 atom stereocenters. The van der Waals surface area contributed by atoms with Gasteiger partial charge in [0.1, 0.15) is 6.10 Å². The van der Waals surface area contributed by atoms with Gasteiger partial charge in [-0.25, -0.2) is 0 Å². The maximum atomic E-state index is 9.98. The highest BCUT2D eigenvalue weighted by Crippen LogP contribution is 2.21. The number of methoxy groups -OCH3 is 1. The van der Waals surface area contributed by atoms with Crippen LogP contribution >= 0.6 is 0 Å². The second kappa shape index (κ2) is 5.13. The van der Waals surface area contributed by atoms with Crippen LogP contribution in [0.15, 0.2) is 24.3 Å². The van der Waals surface area contributed by atoms with Crippen molar-refractivity contribution in [1.29, 1.82) is 0 Å². The molecule has 0 bridgehead atoms. The molecule has 1 rings (SSSR count). The maximum absolute atomic E-state index is 9.98. The summed E-state index contributed by atoms with van der Waals surface area (Å²) in [6.45, 7) is 4.02. The molecule has 0 aromatic heterocycles. The first-order chi connectivity index (χ1) is 6.69. The van der Waals surface area contributed by atoms with Gasteiger partial charge in [-0.05, 0) is 18.9 Å². The third kappa shape index (κ3) is 2.56. The monoisotopic (exact) mass is 194 g/mol. The van der Waals surface area contributed by atoms with E-state index in [4.69, 9.17) is 4.74 Å². The van der Waals surface area contributed by atoms with Crippen LogP contribution in [0.2, 0.25) is 0 Å². The molecule has 0 spiro atoms. The fourth-order valence-electron chi connectivity index (χ4n) is 1.59. The minimum absolute atomic E-state index is 0.114. The predicted molar refractivity (Wildman–Crippen MR) is 57.2 cm³/mol. The topological polar surface area (TPSA) is 29.5 Å². The van der Waals surface area contributed by atoms with Crippen molar-refractivity contribution in [2.24, 2.45) is 0 Å². The summed E-state index contributed by atoms with van der Waals surface area (Å²) in [5.41, 5.74) is 2.09. The fraction of sp³-hybridized carbons (Fsp3) is 0.500. The molecular formula is C12H18O2. The summed E-state index contributed by atoms with van der Waals surface area (Å²) in [4.78, 5) is 0. The van der Waals surface area contributed by atoms with E-state index in [0.29, 0.717) is 0 Å². The molecule has 0 radical (unpaired) electrons. The maximum Gasteiger partial charge on any atom is 0.105 e. The Kier molecular flexibility index (Phi) is 4.11. The van der Waals surface area contributed by atoms with E-state index in [2.05, 4.69) is 0 Å². The molecule has 1 aromatic rings. The van der Waals surface area contributed by atoms with E-state index in [9.17, 15) is 5.11 Å².